The summed E-state index contributed by atoms with van der Waals surface area (Å²) in [6.07, 6.45) is 0. The zero-order valence-corrected chi connectivity index (χ0v) is 15.0. The number of ketones is 1. The second-order valence-electron chi connectivity index (χ2n) is 6.66. The van der Waals surface area contributed by atoms with Gasteiger partial charge in [0.25, 0.3) is 0 Å². The van der Waals surface area contributed by atoms with Crippen LogP contribution in [0.5, 0.6) is 0 Å². The number of rotatable bonds is 5. The van der Waals surface area contributed by atoms with Crippen LogP contribution >= 0.6 is 0 Å². The molecule has 3 rings (SSSR count). The summed E-state index contributed by atoms with van der Waals surface area (Å²) in [5.41, 5.74) is 6.08. The lowest BCUT2D eigenvalue weighted by atomic mass is 9.97. The number of carbonyl (C=O) groups is 1. The molecule has 0 saturated carbocycles. The summed E-state index contributed by atoms with van der Waals surface area (Å²) >= 11 is 0. The molecule has 2 nitrogen and oxygen atoms in total. The van der Waals surface area contributed by atoms with Gasteiger partial charge < -0.3 is 4.90 Å². The predicted molar refractivity (Wildman–Crippen MR) is 104 cm³/mol. The molecule has 0 fully saturated rings. The molecule has 0 atom stereocenters. The number of nitrogens with zero attached hydrogens (tertiary/aromatic N) is 1. The first-order valence-electron chi connectivity index (χ1n) is 8.49. The van der Waals surface area contributed by atoms with Crippen LogP contribution in [0.3, 0.4) is 0 Å². The molecule has 0 unspecified atom stereocenters. The van der Waals surface area contributed by atoms with Crippen molar-refractivity contribution in [1.29, 1.82) is 0 Å². The van der Waals surface area contributed by atoms with Gasteiger partial charge in [-0.1, -0.05) is 72.8 Å². The molecule has 126 valence electrons. The van der Waals surface area contributed by atoms with Crippen molar-refractivity contribution in [3.05, 3.63) is 95.1 Å². The van der Waals surface area contributed by atoms with Crippen LogP contribution in [0, 0.1) is 6.92 Å². The Morgan fingerprint density at radius 3 is 1.92 bits per heavy atom. The molecule has 0 aromatic heterocycles. The summed E-state index contributed by atoms with van der Waals surface area (Å²) in [4.78, 5) is 14.8. The third-order valence-electron chi connectivity index (χ3n) is 4.32. The minimum atomic E-state index is 0.0750. The highest BCUT2D eigenvalue weighted by molar-refractivity contribution is 6.10. The minimum Gasteiger partial charge on any atom is -0.305 e. The van der Waals surface area contributed by atoms with Crippen LogP contribution in [0.4, 0.5) is 0 Å². The van der Waals surface area contributed by atoms with Crippen molar-refractivity contribution in [2.45, 2.75) is 13.5 Å². The van der Waals surface area contributed by atoms with Gasteiger partial charge in [0.2, 0.25) is 0 Å². The van der Waals surface area contributed by atoms with Gasteiger partial charge in [0, 0.05) is 17.7 Å². The summed E-state index contributed by atoms with van der Waals surface area (Å²) in [5, 5.41) is 0. The van der Waals surface area contributed by atoms with E-state index in [0.29, 0.717) is 0 Å². The molecule has 0 N–H and O–H groups in total. The maximum absolute atomic E-state index is 12.7. The number of benzene rings is 3. The van der Waals surface area contributed by atoms with E-state index in [2.05, 4.69) is 43.3 Å². The van der Waals surface area contributed by atoms with Crippen LogP contribution in [0.15, 0.2) is 72.8 Å². The fourth-order valence-electron chi connectivity index (χ4n) is 2.96. The molecule has 0 bridgehead atoms. The Morgan fingerprint density at radius 1 is 0.800 bits per heavy atom. The average Bonchev–Trinajstić information content (AvgIpc) is 2.62. The molecular formula is C23H23NO. The Morgan fingerprint density at radius 2 is 1.36 bits per heavy atom. The first kappa shape index (κ1) is 17.1. The Kier molecular flexibility index (Phi) is 5.11. The van der Waals surface area contributed by atoms with E-state index in [4.69, 9.17) is 0 Å². The second-order valence-corrected chi connectivity index (χ2v) is 6.66. The first-order chi connectivity index (χ1) is 12.0. The second kappa shape index (κ2) is 7.45. The molecule has 0 aliphatic rings. The van der Waals surface area contributed by atoms with Crippen molar-refractivity contribution in [3.8, 4) is 11.1 Å². The molecule has 3 aromatic rings. The van der Waals surface area contributed by atoms with E-state index in [-0.39, 0.29) is 5.78 Å². The van der Waals surface area contributed by atoms with Gasteiger partial charge in [-0.2, -0.15) is 0 Å². The smallest absolute Gasteiger partial charge is 0.193 e. The highest BCUT2D eigenvalue weighted by Gasteiger charge is 2.11. The van der Waals surface area contributed by atoms with Crippen LogP contribution in [-0.4, -0.2) is 24.8 Å². The van der Waals surface area contributed by atoms with Gasteiger partial charge in [0.15, 0.2) is 5.78 Å². The lowest BCUT2D eigenvalue weighted by Crippen LogP contribution is -2.10. The van der Waals surface area contributed by atoms with Gasteiger partial charge >= 0.3 is 0 Å². The average molecular weight is 329 g/mol. The van der Waals surface area contributed by atoms with Crippen LogP contribution in [0.25, 0.3) is 11.1 Å². The van der Waals surface area contributed by atoms with Crippen molar-refractivity contribution in [2.24, 2.45) is 0 Å². The van der Waals surface area contributed by atoms with Gasteiger partial charge in [-0.3, -0.25) is 4.79 Å². The molecule has 2 heteroatoms. The van der Waals surface area contributed by atoms with E-state index in [1.54, 1.807) is 0 Å². The van der Waals surface area contributed by atoms with Crippen molar-refractivity contribution >= 4 is 5.78 Å². The Hall–Kier alpha value is -2.71. The summed E-state index contributed by atoms with van der Waals surface area (Å²) < 4.78 is 0. The lowest BCUT2D eigenvalue weighted by Gasteiger charge is -2.10. The van der Waals surface area contributed by atoms with Crippen LogP contribution in [0.2, 0.25) is 0 Å². The fourth-order valence-corrected chi connectivity index (χ4v) is 2.96. The van der Waals surface area contributed by atoms with Crippen molar-refractivity contribution in [1.82, 2.24) is 4.90 Å². The highest BCUT2D eigenvalue weighted by Crippen LogP contribution is 2.22. The third-order valence-corrected chi connectivity index (χ3v) is 4.32. The summed E-state index contributed by atoms with van der Waals surface area (Å²) in [6.45, 7) is 2.90. The molecule has 25 heavy (non-hydrogen) atoms. The van der Waals surface area contributed by atoms with E-state index in [9.17, 15) is 4.79 Å². The Balaban J connectivity index is 1.80. The van der Waals surface area contributed by atoms with E-state index >= 15 is 0 Å². The number of hydrogen-bond acceptors (Lipinski definition) is 2. The maximum Gasteiger partial charge on any atom is 0.193 e. The van der Waals surface area contributed by atoms with Crippen LogP contribution in [0.1, 0.15) is 27.0 Å². The zero-order chi connectivity index (χ0) is 17.8. The standard InChI is InChI=1S/C23H23NO/c1-17-6-4-5-7-22(17)23(25)21-14-12-20(13-15-21)19-10-8-18(9-11-19)16-24(2)3/h4-15H,16H2,1-3H3. The first-order valence-corrected chi connectivity index (χ1v) is 8.49. The van der Waals surface area contributed by atoms with Gasteiger partial charge in [-0.15, -0.1) is 0 Å². The van der Waals surface area contributed by atoms with Gasteiger partial charge in [0.1, 0.15) is 0 Å². The third kappa shape index (κ3) is 4.04. The summed E-state index contributed by atoms with van der Waals surface area (Å²) in [6, 6.07) is 24.2. The molecule has 3 aromatic carbocycles. The lowest BCUT2D eigenvalue weighted by molar-refractivity contribution is 0.103. The Bertz CT molecular complexity index is 861. The molecule has 0 saturated heterocycles. The van der Waals surface area contributed by atoms with E-state index < -0.39 is 0 Å². The molecule has 0 aliphatic carbocycles. The maximum atomic E-state index is 12.7. The van der Waals surface area contributed by atoms with Crippen molar-refractivity contribution in [3.63, 3.8) is 0 Å². The topological polar surface area (TPSA) is 20.3 Å². The summed E-state index contributed by atoms with van der Waals surface area (Å²) in [7, 11) is 4.14. The zero-order valence-electron chi connectivity index (χ0n) is 15.0. The van der Waals surface area contributed by atoms with Crippen molar-refractivity contribution < 1.29 is 4.79 Å². The minimum absolute atomic E-state index is 0.0750. The normalized spacial score (nSPS) is 10.9. The van der Waals surface area contributed by atoms with Gasteiger partial charge in [0.05, 0.1) is 0 Å². The van der Waals surface area contributed by atoms with Gasteiger partial charge in [-0.25, -0.2) is 0 Å². The number of hydrogen-bond donors (Lipinski definition) is 0. The molecule has 0 amide bonds. The summed E-state index contributed by atoms with van der Waals surface area (Å²) in [5.74, 6) is 0.0750. The predicted octanol–water partition coefficient (Wildman–Crippen LogP) is 4.95. The van der Waals surface area contributed by atoms with E-state index in [1.807, 2.05) is 55.5 Å². The SMILES string of the molecule is Cc1ccccc1C(=O)c1ccc(-c2ccc(CN(C)C)cc2)cc1. The van der Waals surface area contributed by atoms with Crippen LogP contribution < -0.4 is 0 Å². The monoisotopic (exact) mass is 329 g/mol. The molecule has 0 heterocycles. The van der Waals surface area contributed by atoms with Crippen LogP contribution in [-0.2, 0) is 6.54 Å². The quantitative estimate of drug-likeness (QED) is 0.617. The molecular weight excluding hydrogens is 306 g/mol. The Labute approximate surface area is 149 Å². The number of carbonyl (C=O) groups excluding carboxylic acids is 1. The van der Waals surface area contributed by atoms with Crippen molar-refractivity contribution in [2.75, 3.05) is 14.1 Å². The molecule has 0 radical (unpaired) electrons. The van der Waals surface area contributed by atoms with E-state index in [0.717, 1.165) is 34.4 Å². The van der Waals surface area contributed by atoms with E-state index in [1.165, 1.54) is 5.56 Å². The van der Waals surface area contributed by atoms with Gasteiger partial charge in [-0.05, 0) is 43.3 Å². The molecule has 0 aliphatic heterocycles. The largest absolute Gasteiger partial charge is 0.305 e. The highest BCUT2D eigenvalue weighted by atomic mass is 16.1. The molecule has 0 spiro atoms. The fraction of sp³-hybridized carbons (Fsp3) is 0.174. The number of aryl methyl sites for hydroxylation is 1.